The van der Waals surface area contributed by atoms with Crippen molar-refractivity contribution in [3.63, 3.8) is 0 Å². The lowest BCUT2D eigenvalue weighted by molar-refractivity contribution is 0.171. The monoisotopic (exact) mass is 523 g/mol. The molecule has 0 spiro atoms. The summed E-state index contributed by atoms with van der Waals surface area (Å²) in [6.45, 7) is 2.02. The summed E-state index contributed by atoms with van der Waals surface area (Å²) in [6, 6.07) is 15.1. The maximum absolute atomic E-state index is 6.25. The number of hydrogen-bond donors (Lipinski definition) is 1. The average Bonchev–Trinajstić information content (AvgIpc) is 2.77. The highest BCUT2D eigenvalue weighted by atomic mass is 79.9. The summed E-state index contributed by atoms with van der Waals surface area (Å²) in [5, 5.41) is 4.54. The molecule has 4 rings (SSSR count). The second kappa shape index (κ2) is 9.90. The van der Waals surface area contributed by atoms with Crippen LogP contribution >= 0.6 is 39.1 Å². The molecule has 162 valence electrons. The van der Waals surface area contributed by atoms with Gasteiger partial charge in [-0.2, -0.15) is 0 Å². The molecule has 0 bridgehead atoms. The Hall–Kier alpha value is -2.28. The molecule has 8 heteroatoms. The molecule has 0 atom stereocenters. The Bertz CT molecular complexity index is 1090. The SMILES string of the molecule is COc1cc(CNc2ccc3c(c2)OCCO3)cc(Br)c1OCc1ccc(Cl)cc1Cl. The fourth-order valence-electron chi connectivity index (χ4n) is 3.16. The zero-order chi connectivity index (χ0) is 21.8. The van der Waals surface area contributed by atoms with E-state index in [0.717, 1.165) is 32.8 Å². The molecule has 1 heterocycles. The second-order valence-electron chi connectivity index (χ2n) is 6.85. The van der Waals surface area contributed by atoms with Crippen molar-refractivity contribution >= 4 is 44.8 Å². The quantitative estimate of drug-likeness (QED) is 0.371. The van der Waals surface area contributed by atoms with E-state index in [2.05, 4.69) is 21.2 Å². The highest BCUT2D eigenvalue weighted by molar-refractivity contribution is 9.10. The van der Waals surface area contributed by atoms with Crippen molar-refractivity contribution in [2.75, 3.05) is 25.6 Å². The number of rotatable bonds is 7. The van der Waals surface area contributed by atoms with Gasteiger partial charge in [-0.25, -0.2) is 0 Å². The zero-order valence-corrected chi connectivity index (χ0v) is 19.8. The van der Waals surface area contributed by atoms with Gasteiger partial charge in [0.2, 0.25) is 0 Å². The summed E-state index contributed by atoms with van der Waals surface area (Å²) in [7, 11) is 1.61. The number of halogens is 3. The zero-order valence-electron chi connectivity index (χ0n) is 16.7. The maximum Gasteiger partial charge on any atom is 0.175 e. The van der Waals surface area contributed by atoms with Crippen molar-refractivity contribution in [2.24, 2.45) is 0 Å². The minimum Gasteiger partial charge on any atom is -0.493 e. The van der Waals surface area contributed by atoms with Gasteiger partial charge < -0.3 is 24.3 Å². The highest BCUT2D eigenvalue weighted by Crippen LogP contribution is 2.38. The lowest BCUT2D eigenvalue weighted by atomic mass is 10.2. The van der Waals surface area contributed by atoms with Crippen LogP contribution in [0.25, 0.3) is 0 Å². The topological polar surface area (TPSA) is 49.0 Å². The Morgan fingerprint density at radius 3 is 2.58 bits per heavy atom. The Kier molecular flexibility index (Phi) is 7.00. The number of anilines is 1. The van der Waals surface area contributed by atoms with E-state index in [9.17, 15) is 0 Å². The molecule has 0 fully saturated rings. The van der Waals surface area contributed by atoms with Crippen molar-refractivity contribution in [1.82, 2.24) is 0 Å². The molecule has 0 aliphatic carbocycles. The fourth-order valence-corrected chi connectivity index (χ4v) is 4.23. The van der Waals surface area contributed by atoms with Crippen LogP contribution in [0.3, 0.4) is 0 Å². The van der Waals surface area contributed by atoms with Crippen LogP contribution in [0.5, 0.6) is 23.0 Å². The molecule has 5 nitrogen and oxygen atoms in total. The van der Waals surface area contributed by atoms with Gasteiger partial charge in [-0.05, 0) is 57.9 Å². The van der Waals surface area contributed by atoms with Gasteiger partial charge in [-0.15, -0.1) is 0 Å². The van der Waals surface area contributed by atoms with Gasteiger partial charge in [0, 0.05) is 33.9 Å². The Balaban J connectivity index is 1.45. The van der Waals surface area contributed by atoms with Gasteiger partial charge in [0.05, 0.1) is 11.6 Å². The summed E-state index contributed by atoms with van der Waals surface area (Å²) in [5.41, 5.74) is 2.80. The van der Waals surface area contributed by atoms with Crippen LogP contribution in [0.15, 0.2) is 53.0 Å². The van der Waals surface area contributed by atoms with Crippen LogP contribution in [0.4, 0.5) is 5.69 Å². The van der Waals surface area contributed by atoms with Crippen LogP contribution in [-0.4, -0.2) is 20.3 Å². The number of ether oxygens (including phenoxy) is 4. The van der Waals surface area contributed by atoms with E-state index in [-0.39, 0.29) is 0 Å². The van der Waals surface area contributed by atoms with E-state index in [0.29, 0.717) is 47.9 Å². The van der Waals surface area contributed by atoms with Gasteiger partial charge in [-0.3, -0.25) is 0 Å². The summed E-state index contributed by atoms with van der Waals surface area (Å²) < 4.78 is 23.5. The molecule has 1 N–H and O–H groups in total. The Morgan fingerprint density at radius 1 is 1.00 bits per heavy atom. The van der Waals surface area contributed by atoms with Crippen molar-refractivity contribution < 1.29 is 18.9 Å². The lowest BCUT2D eigenvalue weighted by Crippen LogP contribution is -2.15. The molecule has 1 aliphatic rings. The lowest BCUT2D eigenvalue weighted by Gasteiger charge is -2.19. The third kappa shape index (κ3) is 5.32. The van der Waals surface area contributed by atoms with E-state index in [1.54, 1.807) is 19.2 Å². The number of fused-ring (bicyclic) bond motifs is 1. The third-order valence-electron chi connectivity index (χ3n) is 4.72. The van der Waals surface area contributed by atoms with Crippen molar-refractivity contribution in [3.05, 3.63) is 74.2 Å². The molecular weight excluding hydrogens is 505 g/mol. The molecule has 0 saturated heterocycles. The highest BCUT2D eigenvalue weighted by Gasteiger charge is 2.14. The molecule has 0 radical (unpaired) electrons. The fraction of sp³-hybridized carbons (Fsp3) is 0.217. The van der Waals surface area contributed by atoms with Crippen molar-refractivity contribution in [3.8, 4) is 23.0 Å². The molecule has 1 aliphatic heterocycles. The van der Waals surface area contributed by atoms with Gasteiger partial charge in [0.1, 0.15) is 19.8 Å². The predicted molar refractivity (Wildman–Crippen MR) is 126 cm³/mol. The molecule has 0 unspecified atom stereocenters. The minimum atomic E-state index is 0.291. The van der Waals surface area contributed by atoms with Crippen LogP contribution < -0.4 is 24.3 Å². The average molecular weight is 525 g/mol. The van der Waals surface area contributed by atoms with Gasteiger partial charge in [0.15, 0.2) is 23.0 Å². The van der Waals surface area contributed by atoms with Gasteiger partial charge >= 0.3 is 0 Å². The maximum atomic E-state index is 6.25. The van der Waals surface area contributed by atoms with Crippen LogP contribution in [0, 0.1) is 0 Å². The van der Waals surface area contributed by atoms with Gasteiger partial charge in [0.25, 0.3) is 0 Å². The molecular formula is C23H20BrCl2NO4. The first-order valence-electron chi connectivity index (χ1n) is 9.60. The molecule has 0 saturated carbocycles. The molecule has 3 aromatic carbocycles. The summed E-state index contributed by atoms with van der Waals surface area (Å²) in [5.74, 6) is 2.75. The van der Waals surface area contributed by atoms with E-state index in [4.69, 9.17) is 42.1 Å². The Labute approximate surface area is 199 Å². The molecule has 31 heavy (non-hydrogen) atoms. The number of nitrogens with one attached hydrogen (secondary N) is 1. The molecule has 3 aromatic rings. The molecule has 0 aromatic heterocycles. The van der Waals surface area contributed by atoms with E-state index in [1.165, 1.54) is 0 Å². The number of benzene rings is 3. The summed E-state index contributed by atoms with van der Waals surface area (Å²) in [6.07, 6.45) is 0. The predicted octanol–water partition coefficient (Wildman–Crippen LogP) is 6.73. The standard InChI is InChI=1S/C23H20BrCl2NO4/c1-28-22-9-14(12-27-17-4-5-20-21(11-17)30-7-6-29-20)8-18(24)23(22)31-13-15-2-3-16(25)10-19(15)26/h2-5,8-11,27H,6-7,12-13H2,1H3. The minimum absolute atomic E-state index is 0.291. The van der Waals surface area contributed by atoms with Crippen LogP contribution in [-0.2, 0) is 13.2 Å². The Morgan fingerprint density at radius 2 is 1.81 bits per heavy atom. The number of methoxy groups -OCH3 is 1. The molecule has 0 amide bonds. The normalized spacial score (nSPS) is 12.4. The van der Waals surface area contributed by atoms with E-state index in [1.807, 2.05) is 36.4 Å². The third-order valence-corrected chi connectivity index (χ3v) is 5.89. The van der Waals surface area contributed by atoms with Crippen molar-refractivity contribution in [1.29, 1.82) is 0 Å². The van der Waals surface area contributed by atoms with Crippen LogP contribution in [0.1, 0.15) is 11.1 Å². The smallest absolute Gasteiger partial charge is 0.175 e. The second-order valence-corrected chi connectivity index (χ2v) is 8.54. The van der Waals surface area contributed by atoms with E-state index < -0.39 is 0 Å². The summed E-state index contributed by atoms with van der Waals surface area (Å²) in [4.78, 5) is 0. The van der Waals surface area contributed by atoms with Gasteiger partial charge in [-0.1, -0.05) is 29.3 Å². The largest absolute Gasteiger partial charge is 0.493 e. The summed E-state index contributed by atoms with van der Waals surface area (Å²) >= 11 is 15.8. The number of hydrogen-bond acceptors (Lipinski definition) is 5. The van der Waals surface area contributed by atoms with E-state index >= 15 is 0 Å². The van der Waals surface area contributed by atoms with Crippen molar-refractivity contribution in [2.45, 2.75) is 13.2 Å². The van der Waals surface area contributed by atoms with Crippen LogP contribution in [0.2, 0.25) is 10.0 Å². The first-order chi connectivity index (χ1) is 15.0. The first-order valence-corrected chi connectivity index (χ1v) is 11.1. The first kappa shape index (κ1) is 21.9.